The van der Waals surface area contributed by atoms with Crippen LogP contribution in [0.1, 0.15) is 66.5 Å². The maximum Gasteiger partial charge on any atom is 0.410 e. The minimum absolute atomic E-state index is 0.200. The van der Waals surface area contributed by atoms with E-state index in [9.17, 15) is 4.79 Å². The van der Waals surface area contributed by atoms with E-state index in [4.69, 9.17) is 33.2 Å². The number of carbonyl (C=O) groups is 1. The highest BCUT2D eigenvalue weighted by Gasteiger charge is 2.45. The Morgan fingerprint density at radius 3 is 1.87 bits per heavy atom. The molecule has 0 unspecified atom stereocenters. The van der Waals surface area contributed by atoms with Crippen molar-refractivity contribution in [2.45, 2.75) is 63.6 Å². The molecule has 1 saturated heterocycles. The van der Waals surface area contributed by atoms with Crippen LogP contribution in [0.15, 0.2) is 176 Å². The van der Waals surface area contributed by atoms with Gasteiger partial charge in [0.1, 0.15) is 28.5 Å². The largest absolute Gasteiger partial charge is 0.496 e. The summed E-state index contributed by atoms with van der Waals surface area (Å²) in [5.41, 5.74) is 4.36. The van der Waals surface area contributed by atoms with Crippen molar-refractivity contribution in [3.63, 3.8) is 0 Å². The zero-order chi connectivity index (χ0) is 47.4. The molecule has 7 aromatic rings. The molecular formula is C59H63NO8. The van der Waals surface area contributed by atoms with Gasteiger partial charge in [0.25, 0.3) is 0 Å². The summed E-state index contributed by atoms with van der Waals surface area (Å²) in [6.07, 6.45) is -0.118. The Morgan fingerprint density at radius 2 is 1.24 bits per heavy atom. The summed E-state index contributed by atoms with van der Waals surface area (Å²) in [7, 11) is 3.36. The Labute approximate surface area is 401 Å². The SMILES string of the molecule is COc1ccccc1COCCCOc1ccc([C@H]2[C@H](COC(c3ccccc3)(c3ccccc3)c3ccccc3)CN(C(=O)OC(C)(C)C)C[C@@H]2OCc2cc(OC)c3ccccc3c2)cc1. The number of methoxy groups -OCH3 is 2. The summed E-state index contributed by atoms with van der Waals surface area (Å²) < 4.78 is 44.2. The lowest BCUT2D eigenvalue weighted by Crippen LogP contribution is -2.54. The summed E-state index contributed by atoms with van der Waals surface area (Å²) in [4.78, 5) is 16.0. The van der Waals surface area contributed by atoms with E-state index in [2.05, 4.69) is 103 Å². The molecule has 9 nitrogen and oxygen atoms in total. The maximum atomic E-state index is 14.2. The summed E-state index contributed by atoms with van der Waals surface area (Å²) in [6.45, 7) is 8.46. The third kappa shape index (κ3) is 11.5. The lowest BCUT2D eigenvalue weighted by Gasteiger charge is -2.45. The molecule has 68 heavy (non-hydrogen) atoms. The van der Waals surface area contributed by atoms with E-state index in [1.54, 1.807) is 19.1 Å². The Kier molecular flexibility index (Phi) is 15.8. The van der Waals surface area contributed by atoms with E-state index >= 15 is 0 Å². The number of fused-ring (bicyclic) bond motifs is 1. The van der Waals surface area contributed by atoms with Crippen LogP contribution in [0, 0.1) is 5.92 Å². The fraction of sp³-hybridized carbons (Fsp3) is 0.305. The van der Waals surface area contributed by atoms with Crippen molar-refractivity contribution in [1.29, 1.82) is 0 Å². The topological polar surface area (TPSA) is 84.9 Å². The molecule has 0 aromatic heterocycles. The van der Waals surface area contributed by atoms with Gasteiger partial charge in [-0.3, -0.25) is 0 Å². The molecule has 352 valence electrons. The van der Waals surface area contributed by atoms with Crippen molar-refractivity contribution in [3.8, 4) is 17.2 Å². The molecule has 8 rings (SSSR count). The number of hydrogen-bond donors (Lipinski definition) is 0. The normalized spacial score (nSPS) is 16.3. The number of carbonyl (C=O) groups excluding carboxylic acids is 1. The molecule has 0 saturated carbocycles. The number of hydrogen-bond acceptors (Lipinski definition) is 8. The number of para-hydroxylation sites is 1. The molecule has 0 bridgehead atoms. The lowest BCUT2D eigenvalue weighted by atomic mass is 9.77. The Hall–Kier alpha value is -6.65. The molecule has 1 heterocycles. The van der Waals surface area contributed by atoms with Crippen LogP contribution in [0.4, 0.5) is 4.79 Å². The van der Waals surface area contributed by atoms with Crippen LogP contribution in [-0.4, -0.2) is 69.8 Å². The highest BCUT2D eigenvalue weighted by molar-refractivity contribution is 5.89. The summed E-state index contributed by atoms with van der Waals surface area (Å²) in [6, 6.07) is 59.7. The van der Waals surface area contributed by atoms with Gasteiger partial charge >= 0.3 is 6.09 Å². The second kappa shape index (κ2) is 22.4. The van der Waals surface area contributed by atoms with Crippen molar-refractivity contribution >= 4 is 16.9 Å². The first-order chi connectivity index (χ1) is 33.1. The van der Waals surface area contributed by atoms with E-state index < -0.39 is 23.4 Å². The van der Waals surface area contributed by atoms with Crippen molar-refractivity contribution in [1.82, 2.24) is 4.90 Å². The van der Waals surface area contributed by atoms with Crippen LogP contribution >= 0.6 is 0 Å². The van der Waals surface area contributed by atoms with Gasteiger partial charge in [-0.15, -0.1) is 0 Å². The summed E-state index contributed by atoms with van der Waals surface area (Å²) in [5.74, 6) is 1.91. The third-order valence-electron chi connectivity index (χ3n) is 12.5. The summed E-state index contributed by atoms with van der Waals surface area (Å²) in [5, 5.41) is 2.09. The van der Waals surface area contributed by atoms with Gasteiger partial charge in [0, 0.05) is 35.8 Å². The van der Waals surface area contributed by atoms with Crippen LogP contribution in [0.5, 0.6) is 17.2 Å². The number of rotatable bonds is 19. The molecule has 7 aromatic carbocycles. The molecule has 0 radical (unpaired) electrons. The van der Waals surface area contributed by atoms with Crippen LogP contribution in [0.2, 0.25) is 0 Å². The summed E-state index contributed by atoms with van der Waals surface area (Å²) >= 11 is 0. The van der Waals surface area contributed by atoms with Gasteiger partial charge in [0.2, 0.25) is 0 Å². The van der Waals surface area contributed by atoms with Gasteiger partial charge in [-0.1, -0.05) is 146 Å². The van der Waals surface area contributed by atoms with Crippen molar-refractivity contribution in [3.05, 3.63) is 209 Å². The quantitative estimate of drug-likeness (QED) is 0.0586. The fourth-order valence-electron chi connectivity index (χ4n) is 9.31. The van der Waals surface area contributed by atoms with Gasteiger partial charge in [-0.2, -0.15) is 0 Å². The first-order valence-corrected chi connectivity index (χ1v) is 23.5. The molecule has 3 atom stereocenters. The lowest BCUT2D eigenvalue weighted by molar-refractivity contribution is -0.0821. The first-order valence-electron chi connectivity index (χ1n) is 23.5. The average molecular weight is 914 g/mol. The predicted molar refractivity (Wildman–Crippen MR) is 267 cm³/mol. The van der Waals surface area contributed by atoms with Crippen LogP contribution in [0.3, 0.4) is 0 Å². The number of benzene rings is 7. The van der Waals surface area contributed by atoms with Crippen molar-refractivity contribution in [2.75, 3.05) is 47.1 Å². The Bertz CT molecular complexity index is 2570. The van der Waals surface area contributed by atoms with Crippen LogP contribution in [-0.2, 0) is 37.8 Å². The minimum Gasteiger partial charge on any atom is -0.496 e. The molecule has 9 heteroatoms. The van der Waals surface area contributed by atoms with Crippen molar-refractivity contribution in [2.24, 2.45) is 5.92 Å². The highest BCUT2D eigenvalue weighted by atomic mass is 16.6. The number of likely N-dealkylation sites (tertiary alicyclic amines) is 1. The monoisotopic (exact) mass is 913 g/mol. The number of amides is 1. The third-order valence-corrected chi connectivity index (χ3v) is 12.5. The molecule has 0 N–H and O–H groups in total. The maximum absolute atomic E-state index is 14.2. The van der Waals surface area contributed by atoms with E-state index in [1.165, 1.54) is 0 Å². The number of piperidine rings is 1. The predicted octanol–water partition coefficient (Wildman–Crippen LogP) is 12.4. The minimum atomic E-state index is -0.977. The second-order valence-corrected chi connectivity index (χ2v) is 18.3. The van der Waals surface area contributed by atoms with E-state index in [1.807, 2.05) is 93.6 Å². The van der Waals surface area contributed by atoms with Gasteiger partial charge in [0.15, 0.2) is 0 Å². The molecule has 0 spiro atoms. The first kappa shape index (κ1) is 47.8. The smallest absolute Gasteiger partial charge is 0.410 e. The molecule has 1 aliphatic rings. The van der Waals surface area contributed by atoms with E-state index in [0.717, 1.165) is 67.8 Å². The molecule has 0 aliphatic carbocycles. The highest BCUT2D eigenvalue weighted by Crippen LogP contribution is 2.44. The zero-order valence-corrected chi connectivity index (χ0v) is 39.8. The Balaban J connectivity index is 1.12. The average Bonchev–Trinajstić information content (AvgIpc) is 3.37. The molecule has 1 amide bonds. The van der Waals surface area contributed by atoms with E-state index in [0.29, 0.717) is 39.5 Å². The number of ether oxygens (including phenoxy) is 7. The molecular weight excluding hydrogens is 851 g/mol. The van der Waals surface area contributed by atoms with E-state index in [-0.39, 0.29) is 18.4 Å². The van der Waals surface area contributed by atoms with Crippen LogP contribution in [0.25, 0.3) is 10.8 Å². The zero-order valence-electron chi connectivity index (χ0n) is 39.8. The van der Waals surface area contributed by atoms with Gasteiger partial charge in [0.05, 0.1) is 59.9 Å². The van der Waals surface area contributed by atoms with Gasteiger partial charge in [-0.25, -0.2) is 4.79 Å². The second-order valence-electron chi connectivity index (χ2n) is 18.3. The van der Waals surface area contributed by atoms with Gasteiger partial charge in [-0.05, 0) is 84.3 Å². The Morgan fingerprint density at radius 1 is 0.632 bits per heavy atom. The number of nitrogens with zero attached hydrogens (tertiary/aromatic N) is 1. The standard InChI is InChI=1S/C59H63NO8/c1-58(2,3)68-57(61)60-38-47(42-67-59(48-22-9-6-10-23-48,49-24-11-7-12-25-49)50-26-13-8-14-27-50)56(55(39-60)66-40-43-36-45-20-15-17-28-52(45)54(37-43)63-5)44-30-32-51(33-31-44)65-35-19-34-64-41-46-21-16-18-29-53(46)62-4/h6-18,20-33,36-37,47,55-56H,19,34-35,38-42H2,1-5H3/t47-,55-,56-/m0/s1. The molecule has 1 fully saturated rings. The molecule has 1 aliphatic heterocycles. The van der Waals surface area contributed by atoms with Crippen molar-refractivity contribution < 1.29 is 38.0 Å². The van der Waals surface area contributed by atoms with Gasteiger partial charge < -0.3 is 38.1 Å². The van der Waals surface area contributed by atoms with Crippen LogP contribution < -0.4 is 14.2 Å². The fourth-order valence-corrected chi connectivity index (χ4v) is 9.31.